The second kappa shape index (κ2) is 10.4. The number of ether oxygens (including phenoxy) is 2. The lowest BCUT2D eigenvalue weighted by Gasteiger charge is -2.29. The molecule has 1 saturated heterocycles. The fourth-order valence-electron chi connectivity index (χ4n) is 3.88. The molecule has 0 spiro atoms. The van der Waals surface area contributed by atoms with Crippen LogP contribution in [0.25, 0.3) is 0 Å². The Labute approximate surface area is 190 Å². The molecular weight excluding hydrogens is 400 g/mol. The van der Waals surface area contributed by atoms with Crippen molar-refractivity contribution in [2.75, 3.05) is 48.9 Å². The molecule has 0 unspecified atom stereocenters. The molecule has 168 valence electrons. The standard InChI is InChI=1S/C26H32N4O2/c1-4-20-6-5-7-21(14-20)18-27-24-16-26(28-17-19(24)2)29-23-9-8-22(15-25(23)31-3)30-10-12-32-13-11-30/h5-9,14-17H,4,10-13,18H2,1-3H3,(H2,27,28,29). The molecule has 2 aromatic carbocycles. The zero-order chi connectivity index (χ0) is 22.3. The van der Waals surface area contributed by atoms with Gasteiger partial charge in [-0.25, -0.2) is 4.98 Å². The van der Waals surface area contributed by atoms with Crippen LogP contribution in [-0.2, 0) is 17.7 Å². The molecule has 2 heterocycles. The third-order valence-electron chi connectivity index (χ3n) is 5.81. The van der Waals surface area contributed by atoms with Gasteiger partial charge >= 0.3 is 0 Å². The Balaban J connectivity index is 1.48. The van der Waals surface area contributed by atoms with E-state index in [9.17, 15) is 0 Å². The van der Waals surface area contributed by atoms with Gasteiger partial charge in [0.15, 0.2) is 0 Å². The maximum absolute atomic E-state index is 5.67. The van der Waals surface area contributed by atoms with Gasteiger partial charge in [-0.1, -0.05) is 31.2 Å². The first kappa shape index (κ1) is 22.0. The Bertz CT molecular complexity index is 1050. The minimum absolute atomic E-state index is 0.758. The molecule has 1 aliphatic heterocycles. The highest BCUT2D eigenvalue weighted by Gasteiger charge is 2.14. The van der Waals surface area contributed by atoms with Crippen molar-refractivity contribution in [3.8, 4) is 5.75 Å². The van der Waals surface area contributed by atoms with Gasteiger partial charge in [0.1, 0.15) is 11.6 Å². The molecule has 2 N–H and O–H groups in total. The monoisotopic (exact) mass is 432 g/mol. The Morgan fingerprint density at radius 1 is 1.03 bits per heavy atom. The molecule has 0 amide bonds. The molecule has 0 aliphatic carbocycles. The van der Waals surface area contributed by atoms with Crippen LogP contribution in [-0.4, -0.2) is 38.4 Å². The highest BCUT2D eigenvalue weighted by Crippen LogP contribution is 2.32. The normalized spacial score (nSPS) is 13.7. The first-order valence-corrected chi connectivity index (χ1v) is 11.2. The Kier molecular flexibility index (Phi) is 7.12. The van der Waals surface area contributed by atoms with E-state index < -0.39 is 0 Å². The predicted molar refractivity (Wildman–Crippen MR) is 131 cm³/mol. The Morgan fingerprint density at radius 2 is 1.84 bits per heavy atom. The lowest BCUT2D eigenvalue weighted by Crippen LogP contribution is -2.36. The second-order valence-electron chi connectivity index (χ2n) is 8.02. The van der Waals surface area contributed by atoms with Crippen LogP contribution in [0.1, 0.15) is 23.6 Å². The number of aromatic nitrogens is 1. The summed E-state index contributed by atoms with van der Waals surface area (Å²) in [7, 11) is 1.70. The van der Waals surface area contributed by atoms with Crippen molar-refractivity contribution in [3.05, 3.63) is 71.4 Å². The van der Waals surface area contributed by atoms with Crippen molar-refractivity contribution in [1.82, 2.24) is 4.98 Å². The number of rotatable bonds is 8. The van der Waals surface area contributed by atoms with Gasteiger partial charge < -0.3 is 25.0 Å². The Hall–Kier alpha value is -3.25. The minimum atomic E-state index is 0.758. The van der Waals surface area contributed by atoms with Crippen LogP contribution in [0.15, 0.2) is 54.7 Å². The van der Waals surface area contributed by atoms with Gasteiger partial charge in [-0.3, -0.25) is 0 Å². The SMILES string of the molecule is CCc1cccc(CNc2cc(Nc3ccc(N4CCOCC4)cc3OC)ncc2C)c1. The number of nitrogens with one attached hydrogen (secondary N) is 2. The summed E-state index contributed by atoms with van der Waals surface area (Å²) in [5.74, 6) is 1.57. The summed E-state index contributed by atoms with van der Waals surface area (Å²) < 4.78 is 11.1. The summed E-state index contributed by atoms with van der Waals surface area (Å²) in [5.41, 5.74) is 6.83. The minimum Gasteiger partial charge on any atom is -0.494 e. The smallest absolute Gasteiger partial charge is 0.144 e. The number of nitrogens with zero attached hydrogens (tertiary/aromatic N) is 2. The van der Waals surface area contributed by atoms with Crippen LogP contribution in [0.2, 0.25) is 0 Å². The largest absolute Gasteiger partial charge is 0.494 e. The van der Waals surface area contributed by atoms with Crippen molar-refractivity contribution in [2.24, 2.45) is 0 Å². The topological polar surface area (TPSA) is 58.7 Å². The van der Waals surface area contributed by atoms with E-state index in [-0.39, 0.29) is 0 Å². The van der Waals surface area contributed by atoms with Gasteiger partial charge in [-0.2, -0.15) is 0 Å². The van der Waals surface area contributed by atoms with Gasteiger partial charge in [0.05, 0.1) is 26.0 Å². The van der Waals surface area contributed by atoms with E-state index in [4.69, 9.17) is 9.47 Å². The summed E-state index contributed by atoms with van der Waals surface area (Å²) in [6.45, 7) is 8.33. The number of methoxy groups -OCH3 is 1. The third-order valence-corrected chi connectivity index (χ3v) is 5.81. The summed E-state index contributed by atoms with van der Waals surface area (Å²) in [5, 5.41) is 6.98. The molecule has 1 aromatic heterocycles. The maximum Gasteiger partial charge on any atom is 0.144 e. The molecule has 0 atom stereocenters. The molecule has 0 radical (unpaired) electrons. The van der Waals surface area contributed by atoms with Crippen molar-refractivity contribution in [2.45, 2.75) is 26.8 Å². The average molecular weight is 433 g/mol. The quantitative estimate of drug-likeness (QED) is 0.513. The molecule has 3 aromatic rings. The van der Waals surface area contributed by atoms with Crippen LogP contribution in [0.5, 0.6) is 5.75 Å². The highest BCUT2D eigenvalue weighted by atomic mass is 16.5. The number of aryl methyl sites for hydroxylation is 2. The summed E-state index contributed by atoms with van der Waals surface area (Å²) in [6, 6.07) is 17.0. The summed E-state index contributed by atoms with van der Waals surface area (Å²) in [6.07, 6.45) is 2.93. The molecule has 6 heteroatoms. The van der Waals surface area contributed by atoms with E-state index in [2.05, 4.69) is 76.8 Å². The fourth-order valence-corrected chi connectivity index (χ4v) is 3.88. The van der Waals surface area contributed by atoms with Crippen molar-refractivity contribution in [3.63, 3.8) is 0 Å². The van der Waals surface area contributed by atoms with E-state index in [1.807, 2.05) is 12.3 Å². The molecule has 1 aliphatic rings. The molecule has 1 fully saturated rings. The van der Waals surface area contributed by atoms with Gasteiger partial charge in [-0.05, 0) is 42.2 Å². The van der Waals surface area contributed by atoms with Crippen LogP contribution in [0, 0.1) is 6.92 Å². The van der Waals surface area contributed by atoms with E-state index in [0.29, 0.717) is 0 Å². The lowest BCUT2D eigenvalue weighted by atomic mass is 10.1. The summed E-state index contributed by atoms with van der Waals surface area (Å²) in [4.78, 5) is 6.89. The predicted octanol–water partition coefficient (Wildman–Crippen LogP) is 5.15. The van der Waals surface area contributed by atoms with Crippen molar-refractivity contribution >= 4 is 22.9 Å². The molecule has 32 heavy (non-hydrogen) atoms. The molecular formula is C26H32N4O2. The summed E-state index contributed by atoms with van der Waals surface area (Å²) >= 11 is 0. The first-order valence-electron chi connectivity index (χ1n) is 11.2. The van der Waals surface area contributed by atoms with Crippen molar-refractivity contribution < 1.29 is 9.47 Å². The molecule has 0 bridgehead atoms. The third kappa shape index (κ3) is 5.32. The van der Waals surface area contributed by atoms with Crippen LogP contribution in [0.4, 0.5) is 22.9 Å². The lowest BCUT2D eigenvalue weighted by molar-refractivity contribution is 0.122. The number of morpholine rings is 1. The second-order valence-corrected chi connectivity index (χ2v) is 8.02. The van der Waals surface area contributed by atoms with Crippen LogP contribution < -0.4 is 20.3 Å². The highest BCUT2D eigenvalue weighted by molar-refractivity contribution is 5.71. The maximum atomic E-state index is 5.67. The van der Waals surface area contributed by atoms with E-state index in [1.165, 1.54) is 11.1 Å². The van der Waals surface area contributed by atoms with Crippen molar-refractivity contribution in [1.29, 1.82) is 0 Å². The van der Waals surface area contributed by atoms with E-state index in [1.54, 1.807) is 7.11 Å². The average Bonchev–Trinajstić information content (AvgIpc) is 2.85. The van der Waals surface area contributed by atoms with E-state index >= 15 is 0 Å². The number of pyridine rings is 1. The fraction of sp³-hybridized carbons (Fsp3) is 0.346. The molecule has 4 rings (SSSR count). The van der Waals surface area contributed by atoms with Gasteiger partial charge in [0.2, 0.25) is 0 Å². The number of anilines is 4. The van der Waals surface area contributed by atoms with Gasteiger partial charge in [-0.15, -0.1) is 0 Å². The first-order chi connectivity index (χ1) is 15.7. The van der Waals surface area contributed by atoms with Gasteiger partial charge in [0, 0.05) is 49.3 Å². The zero-order valence-corrected chi connectivity index (χ0v) is 19.1. The number of hydrogen-bond acceptors (Lipinski definition) is 6. The van der Waals surface area contributed by atoms with E-state index in [0.717, 1.165) is 73.5 Å². The van der Waals surface area contributed by atoms with Crippen LogP contribution in [0.3, 0.4) is 0 Å². The Morgan fingerprint density at radius 3 is 2.62 bits per heavy atom. The van der Waals surface area contributed by atoms with Crippen LogP contribution >= 0.6 is 0 Å². The number of hydrogen-bond donors (Lipinski definition) is 2. The zero-order valence-electron chi connectivity index (χ0n) is 19.1. The molecule has 0 saturated carbocycles. The molecule has 6 nitrogen and oxygen atoms in total. The number of benzene rings is 2. The van der Waals surface area contributed by atoms with Gasteiger partial charge in [0.25, 0.3) is 0 Å².